The van der Waals surface area contributed by atoms with Crippen molar-refractivity contribution < 1.29 is 9.66 Å². The highest BCUT2D eigenvalue weighted by atomic mass is 35.5. The largest absolute Gasteiger partial charge is 0.438 e. The Morgan fingerprint density at radius 3 is 2.68 bits per heavy atom. The third-order valence-corrected chi connectivity index (χ3v) is 2.64. The first kappa shape index (κ1) is 13.2. The summed E-state index contributed by atoms with van der Waals surface area (Å²) in [6.07, 6.45) is 0. The molecule has 0 aliphatic rings. The zero-order valence-corrected chi connectivity index (χ0v) is 11.0. The highest BCUT2D eigenvalue weighted by Crippen LogP contribution is 2.30. The van der Waals surface area contributed by atoms with Gasteiger partial charge in [0.25, 0.3) is 5.69 Å². The Bertz CT molecular complexity index is 626. The van der Waals surface area contributed by atoms with Crippen LogP contribution in [0.4, 0.5) is 5.69 Å². The average Bonchev–Trinajstić information content (AvgIpc) is 2.30. The van der Waals surface area contributed by atoms with Crippen LogP contribution in [0.2, 0.25) is 5.28 Å². The normalized spacial score (nSPS) is 10.3. The third kappa shape index (κ3) is 2.97. The van der Waals surface area contributed by atoms with Gasteiger partial charge in [-0.3, -0.25) is 10.1 Å². The molecule has 0 unspecified atom stereocenters. The fraction of sp³-hybridized carbons (Fsp3) is 0.167. The van der Waals surface area contributed by atoms with Crippen LogP contribution < -0.4 is 4.74 Å². The molecule has 0 bridgehead atoms. The molecule has 0 fully saturated rings. The topological polar surface area (TPSA) is 78.2 Å². The molecule has 0 aliphatic carbocycles. The molecule has 2 aromatic rings. The van der Waals surface area contributed by atoms with Crippen LogP contribution in [0.15, 0.2) is 24.3 Å². The Balaban J connectivity index is 2.38. The molecule has 1 aromatic carbocycles. The number of aryl methyl sites for hydroxylation is 1. The third-order valence-electron chi connectivity index (χ3n) is 2.47. The zero-order chi connectivity index (χ0) is 14.0. The van der Waals surface area contributed by atoms with Crippen molar-refractivity contribution in [3.63, 3.8) is 0 Å². The molecule has 0 amide bonds. The van der Waals surface area contributed by atoms with E-state index in [-0.39, 0.29) is 16.9 Å². The summed E-state index contributed by atoms with van der Waals surface area (Å²) >= 11 is 5.73. The Labute approximate surface area is 114 Å². The van der Waals surface area contributed by atoms with E-state index < -0.39 is 4.92 Å². The molecule has 6 nitrogen and oxygen atoms in total. The molecular weight excluding hydrogens is 270 g/mol. The molecule has 0 aliphatic heterocycles. The minimum absolute atomic E-state index is 0.00521. The molecule has 1 heterocycles. The quantitative estimate of drug-likeness (QED) is 0.488. The van der Waals surface area contributed by atoms with Crippen molar-refractivity contribution in [1.82, 2.24) is 9.97 Å². The monoisotopic (exact) mass is 279 g/mol. The van der Waals surface area contributed by atoms with E-state index in [0.29, 0.717) is 17.0 Å². The lowest BCUT2D eigenvalue weighted by Crippen LogP contribution is -1.97. The van der Waals surface area contributed by atoms with Gasteiger partial charge in [0.1, 0.15) is 5.75 Å². The van der Waals surface area contributed by atoms with Crippen molar-refractivity contribution in [1.29, 1.82) is 0 Å². The van der Waals surface area contributed by atoms with Crippen LogP contribution in [0.5, 0.6) is 11.6 Å². The molecule has 0 saturated heterocycles. The van der Waals surface area contributed by atoms with Gasteiger partial charge in [0, 0.05) is 17.8 Å². The van der Waals surface area contributed by atoms with Gasteiger partial charge in [-0.1, -0.05) is 6.07 Å². The highest BCUT2D eigenvalue weighted by Gasteiger charge is 2.15. The van der Waals surface area contributed by atoms with Crippen LogP contribution in [-0.2, 0) is 0 Å². The Kier molecular flexibility index (Phi) is 3.62. The number of halogens is 1. The molecule has 0 saturated carbocycles. The van der Waals surface area contributed by atoms with Crippen molar-refractivity contribution in [3.05, 3.63) is 50.9 Å². The van der Waals surface area contributed by atoms with Crippen LogP contribution in [0, 0.1) is 24.0 Å². The van der Waals surface area contributed by atoms with Gasteiger partial charge >= 0.3 is 0 Å². The van der Waals surface area contributed by atoms with Gasteiger partial charge < -0.3 is 4.74 Å². The molecule has 0 radical (unpaired) electrons. The number of hydrogen-bond acceptors (Lipinski definition) is 5. The van der Waals surface area contributed by atoms with E-state index in [4.69, 9.17) is 16.3 Å². The van der Waals surface area contributed by atoms with Crippen molar-refractivity contribution >= 4 is 17.3 Å². The summed E-state index contributed by atoms with van der Waals surface area (Å²) in [5.41, 5.74) is 1.08. The second-order valence-corrected chi connectivity index (χ2v) is 4.21. The van der Waals surface area contributed by atoms with Gasteiger partial charge in [0.15, 0.2) is 0 Å². The minimum atomic E-state index is -0.458. The molecular formula is C12H10ClN3O3. The fourth-order valence-corrected chi connectivity index (χ4v) is 1.80. The maximum Gasteiger partial charge on any atom is 0.276 e. The number of benzene rings is 1. The van der Waals surface area contributed by atoms with Crippen molar-refractivity contribution in [2.45, 2.75) is 13.8 Å². The van der Waals surface area contributed by atoms with Crippen LogP contribution in [-0.4, -0.2) is 14.9 Å². The van der Waals surface area contributed by atoms with Gasteiger partial charge in [-0.2, -0.15) is 4.98 Å². The van der Waals surface area contributed by atoms with E-state index in [1.165, 1.54) is 6.07 Å². The zero-order valence-electron chi connectivity index (χ0n) is 10.3. The summed E-state index contributed by atoms with van der Waals surface area (Å²) in [5, 5.41) is 10.9. The molecule has 2 rings (SSSR count). The van der Waals surface area contributed by atoms with Crippen molar-refractivity contribution in [2.75, 3.05) is 0 Å². The number of nitro groups is 1. The molecule has 19 heavy (non-hydrogen) atoms. The number of rotatable bonds is 3. The van der Waals surface area contributed by atoms with E-state index in [1.807, 2.05) is 0 Å². The predicted molar refractivity (Wildman–Crippen MR) is 69.7 cm³/mol. The van der Waals surface area contributed by atoms with E-state index in [1.54, 1.807) is 32.0 Å². The van der Waals surface area contributed by atoms with Crippen LogP contribution in [0.25, 0.3) is 0 Å². The molecule has 1 aromatic heterocycles. The Hall–Kier alpha value is -2.21. The number of hydrogen-bond donors (Lipinski definition) is 0. The Morgan fingerprint density at radius 1 is 1.32 bits per heavy atom. The standard InChI is InChI=1S/C12H10ClN3O3/c1-7-6-11(15-12(13)14-7)19-10-5-3-4-9(8(10)2)16(17)18/h3-6H,1-2H3. The second-order valence-electron chi connectivity index (χ2n) is 3.88. The molecule has 98 valence electrons. The first-order valence-corrected chi connectivity index (χ1v) is 5.78. The predicted octanol–water partition coefficient (Wildman–Crippen LogP) is 3.45. The van der Waals surface area contributed by atoms with E-state index >= 15 is 0 Å². The first-order valence-electron chi connectivity index (χ1n) is 5.40. The fourth-order valence-electron chi connectivity index (χ4n) is 1.58. The van der Waals surface area contributed by atoms with E-state index in [0.717, 1.165) is 0 Å². The molecule has 7 heteroatoms. The maximum atomic E-state index is 10.8. The number of nitrogens with zero attached hydrogens (tertiary/aromatic N) is 3. The van der Waals surface area contributed by atoms with Gasteiger partial charge in [0.2, 0.25) is 11.2 Å². The maximum absolute atomic E-state index is 10.8. The van der Waals surface area contributed by atoms with Gasteiger partial charge in [-0.05, 0) is 31.5 Å². The van der Waals surface area contributed by atoms with Crippen LogP contribution in [0.3, 0.4) is 0 Å². The van der Waals surface area contributed by atoms with E-state index in [2.05, 4.69) is 9.97 Å². The number of ether oxygens (including phenoxy) is 1. The SMILES string of the molecule is Cc1cc(Oc2cccc([N+](=O)[O-])c2C)nc(Cl)n1. The summed E-state index contributed by atoms with van der Waals surface area (Å²) < 4.78 is 5.52. The lowest BCUT2D eigenvalue weighted by atomic mass is 10.2. The lowest BCUT2D eigenvalue weighted by Gasteiger charge is -2.08. The van der Waals surface area contributed by atoms with Crippen LogP contribution >= 0.6 is 11.6 Å². The molecule has 0 N–H and O–H groups in total. The van der Waals surface area contributed by atoms with Gasteiger partial charge in [0.05, 0.1) is 10.5 Å². The smallest absolute Gasteiger partial charge is 0.276 e. The number of aromatic nitrogens is 2. The Morgan fingerprint density at radius 2 is 2.05 bits per heavy atom. The van der Waals surface area contributed by atoms with Crippen molar-refractivity contribution in [2.24, 2.45) is 0 Å². The first-order chi connectivity index (χ1) is 8.97. The van der Waals surface area contributed by atoms with Crippen LogP contribution in [0.1, 0.15) is 11.3 Å². The van der Waals surface area contributed by atoms with Crippen molar-refractivity contribution in [3.8, 4) is 11.6 Å². The van der Waals surface area contributed by atoms with Gasteiger partial charge in [-0.15, -0.1) is 0 Å². The lowest BCUT2D eigenvalue weighted by molar-refractivity contribution is -0.385. The van der Waals surface area contributed by atoms with Gasteiger partial charge in [-0.25, -0.2) is 4.98 Å². The van der Waals surface area contributed by atoms with E-state index in [9.17, 15) is 10.1 Å². The summed E-state index contributed by atoms with van der Waals surface area (Å²) in [4.78, 5) is 18.2. The highest BCUT2D eigenvalue weighted by molar-refractivity contribution is 6.28. The molecule has 0 atom stereocenters. The molecule has 0 spiro atoms. The second kappa shape index (κ2) is 5.19. The summed E-state index contributed by atoms with van der Waals surface area (Å²) in [7, 11) is 0. The number of nitro benzene ring substituents is 1. The average molecular weight is 280 g/mol. The minimum Gasteiger partial charge on any atom is -0.438 e. The summed E-state index contributed by atoms with van der Waals surface area (Å²) in [5.74, 6) is 0.615. The summed E-state index contributed by atoms with van der Waals surface area (Å²) in [6, 6.07) is 6.20. The summed E-state index contributed by atoms with van der Waals surface area (Å²) in [6.45, 7) is 3.36.